The van der Waals surface area contributed by atoms with Crippen LogP contribution in [0.2, 0.25) is 0 Å². The molecule has 2 atom stereocenters. The van der Waals surface area contributed by atoms with Gasteiger partial charge in [-0.2, -0.15) is 4.98 Å². The summed E-state index contributed by atoms with van der Waals surface area (Å²) in [5, 5.41) is 4.25. The Balaban J connectivity index is 1.17. The number of piperidine rings is 1. The molecule has 7 nitrogen and oxygen atoms in total. The monoisotopic (exact) mass is 409 g/mol. The second-order valence-electron chi connectivity index (χ2n) is 7.73. The number of fused-ring (bicyclic) bond motifs is 3. The average molecular weight is 410 g/mol. The summed E-state index contributed by atoms with van der Waals surface area (Å²) >= 11 is 1.49. The zero-order valence-electron chi connectivity index (χ0n) is 16.0. The SMILES string of the molecule is NC(=O)N1C2CCC1CC(NCc1ccc(Oc3nc4ncccc4s3)cc1)C2. The van der Waals surface area contributed by atoms with Crippen LogP contribution in [0, 0.1) is 0 Å². The Bertz CT molecular complexity index is 974. The van der Waals surface area contributed by atoms with Crippen LogP contribution in [0.5, 0.6) is 10.9 Å². The van der Waals surface area contributed by atoms with Crippen LogP contribution < -0.4 is 15.8 Å². The van der Waals surface area contributed by atoms with Gasteiger partial charge < -0.3 is 20.7 Å². The largest absolute Gasteiger partial charge is 0.431 e. The summed E-state index contributed by atoms with van der Waals surface area (Å²) in [6.07, 6.45) is 5.83. The zero-order valence-corrected chi connectivity index (χ0v) is 16.8. The Labute approximate surface area is 172 Å². The number of primary amides is 1. The highest BCUT2D eigenvalue weighted by molar-refractivity contribution is 7.20. The number of amides is 2. The van der Waals surface area contributed by atoms with Crippen LogP contribution in [-0.4, -0.2) is 39.0 Å². The standard InChI is InChI=1S/C21H23N5O2S/c22-20(27)26-15-5-6-16(26)11-14(10-15)24-12-13-3-7-17(8-4-13)28-21-25-19-18(29-21)2-1-9-23-19/h1-4,7-9,14-16,24H,5-6,10-12H2,(H2,22,27). The molecule has 2 fully saturated rings. The minimum Gasteiger partial charge on any atom is -0.431 e. The molecule has 4 heterocycles. The number of benzene rings is 1. The van der Waals surface area contributed by atoms with Gasteiger partial charge in [-0.05, 0) is 55.5 Å². The molecule has 2 amide bonds. The van der Waals surface area contributed by atoms with E-state index in [0.717, 1.165) is 42.7 Å². The molecule has 29 heavy (non-hydrogen) atoms. The predicted molar refractivity (Wildman–Crippen MR) is 112 cm³/mol. The van der Waals surface area contributed by atoms with Crippen LogP contribution in [0.1, 0.15) is 31.2 Å². The lowest BCUT2D eigenvalue weighted by Crippen LogP contribution is -2.53. The molecular weight excluding hydrogens is 386 g/mol. The predicted octanol–water partition coefficient (Wildman–Crippen LogP) is 3.65. The highest BCUT2D eigenvalue weighted by Gasteiger charge is 2.42. The van der Waals surface area contributed by atoms with Gasteiger partial charge in [-0.25, -0.2) is 9.78 Å². The molecule has 2 bridgehead atoms. The first kappa shape index (κ1) is 18.3. The van der Waals surface area contributed by atoms with Crippen molar-refractivity contribution in [1.29, 1.82) is 0 Å². The molecule has 3 N–H and O–H groups in total. The second-order valence-corrected chi connectivity index (χ2v) is 8.72. The molecule has 2 unspecified atom stereocenters. The average Bonchev–Trinajstić information content (AvgIpc) is 3.25. The molecule has 150 valence electrons. The van der Waals surface area contributed by atoms with E-state index < -0.39 is 0 Å². The number of urea groups is 1. The third-order valence-corrected chi connectivity index (χ3v) is 6.74. The number of nitrogens with two attached hydrogens (primary N) is 1. The topological polar surface area (TPSA) is 93.4 Å². The zero-order chi connectivity index (χ0) is 19.8. The van der Waals surface area contributed by atoms with Gasteiger partial charge in [0.15, 0.2) is 5.65 Å². The van der Waals surface area contributed by atoms with E-state index in [-0.39, 0.29) is 6.03 Å². The van der Waals surface area contributed by atoms with Crippen molar-refractivity contribution in [3.63, 3.8) is 0 Å². The Morgan fingerprint density at radius 2 is 1.97 bits per heavy atom. The van der Waals surface area contributed by atoms with Crippen molar-refractivity contribution in [3.8, 4) is 10.9 Å². The number of aromatic nitrogens is 2. The fraction of sp³-hybridized carbons (Fsp3) is 0.381. The van der Waals surface area contributed by atoms with Gasteiger partial charge in [-0.1, -0.05) is 23.5 Å². The number of nitrogens with one attached hydrogen (secondary N) is 1. The third kappa shape index (κ3) is 3.77. The van der Waals surface area contributed by atoms with E-state index in [1.54, 1.807) is 6.20 Å². The summed E-state index contributed by atoms with van der Waals surface area (Å²) in [6.45, 7) is 0.798. The second kappa shape index (κ2) is 7.61. The summed E-state index contributed by atoms with van der Waals surface area (Å²) in [5.74, 6) is 0.764. The molecule has 0 aliphatic carbocycles. The molecule has 2 aromatic heterocycles. The molecule has 0 saturated carbocycles. The van der Waals surface area contributed by atoms with E-state index >= 15 is 0 Å². The number of rotatable bonds is 5. The maximum atomic E-state index is 11.6. The fourth-order valence-electron chi connectivity index (χ4n) is 4.53. The molecule has 8 heteroatoms. The van der Waals surface area contributed by atoms with Gasteiger partial charge in [0, 0.05) is 30.9 Å². The summed E-state index contributed by atoms with van der Waals surface area (Å²) in [6, 6.07) is 12.7. The van der Waals surface area contributed by atoms with E-state index in [4.69, 9.17) is 10.5 Å². The molecule has 1 aromatic carbocycles. The number of thiazole rings is 1. The van der Waals surface area contributed by atoms with Crippen LogP contribution in [-0.2, 0) is 6.54 Å². The summed E-state index contributed by atoms with van der Waals surface area (Å²) in [4.78, 5) is 22.2. The van der Waals surface area contributed by atoms with E-state index in [9.17, 15) is 4.79 Å². The van der Waals surface area contributed by atoms with Crippen LogP contribution in [0.25, 0.3) is 10.3 Å². The lowest BCUT2D eigenvalue weighted by atomic mass is 9.97. The first-order valence-corrected chi connectivity index (χ1v) is 10.8. The number of hydrogen-bond acceptors (Lipinski definition) is 6. The summed E-state index contributed by atoms with van der Waals surface area (Å²) in [7, 11) is 0. The van der Waals surface area contributed by atoms with Gasteiger partial charge in [0.1, 0.15) is 5.75 Å². The quantitative estimate of drug-likeness (QED) is 0.671. The highest BCUT2D eigenvalue weighted by Crippen LogP contribution is 2.35. The lowest BCUT2D eigenvalue weighted by molar-refractivity contribution is 0.138. The Kier molecular flexibility index (Phi) is 4.81. The van der Waals surface area contributed by atoms with Gasteiger partial charge in [-0.3, -0.25) is 0 Å². The normalized spacial score (nSPS) is 23.4. The van der Waals surface area contributed by atoms with Crippen molar-refractivity contribution in [2.45, 2.75) is 50.4 Å². The van der Waals surface area contributed by atoms with Gasteiger partial charge in [0.2, 0.25) is 0 Å². The fourth-order valence-corrected chi connectivity index (χ4v) is 5.33. The van der Waals surface area contributed by atoms with Crippen molar-refractivity contribution in [1.82, 2.24) is 20.2 Å². The van der Waals surface area contributed by atoms with E-state index in [0.29, 0.717) is 29.0 Å². The van der Waals surface area contributed by atoms with Crippen LogP contribution in [0.4, 0.5) is 4.79 Å². The molecule has 3 aromatic rings. The Morgan fingerprint density at radius 1 is 1.21 bits per heavy atom. The number of pyridine rings is 1. The highest BCUT2D eigenvalue weighted by atomic mass is 32.1. The molecule has 2 aliphatic heterocycles. The smallest absolute Gasteiger partial charge is 0.315 e. The maximum absolute atomic E-state index is 11.6. The molecular formula is C21H23N5O2S. The first-order valence-electron chi connectivity index (χ1n) is 9.95. The van der Waals surface area contributed by atoms with Gasteiger partial charge >= 0.3 is 6.03 Å². The lowest BCUT2D eigenvalue weighted by Gasteiger charge is -2.38. The van der Waals surface area contributed by atoms with E-state index in [1.807, 2.05) is 29.2 Å². The Hall–Kier alpha value is -2.71. The maximum Gasteiger partial charge on any atom is 0.315 e. The van der Waals surface area contributed by atoms with E-state index in [1.165, 1.54) is 16.9 Å². The van der Waals surface area contributed by atoms with Crippen molar-refractivity contribution in [2.75, 3.05) is 0 Å². The number of ether oxygens (including phenoxy) is 1. The molecule has 2 saturated heterocycles. The molecule has 5 rings (SSSR count). The molecule has 0 radical (unpaired) electrons. The summed E-state index contributed by atoms with van der Waals surface area (Å²) < 4.78 is 6.89. The van der Waals surface area contributed by atoms with Crippen LogP contribution in [0.15, 0.2) is 42.6 Å². The van der Waals surface area contributed by atoms with Crippen molar-refractivity contribution < 1.29 is 9.53 Å². The minimum atomic E-state index is -0.268. The number of hydrogen-bond donors (Lipinski definition) is 2. The van der Waals surface area contributed by atoms with Gasteiger partial charge in [-0.15, -0.1) is 0 Å². The van der Waals surface area contributed by atoms with Crippen molar-refractivity contribution >= 4 is 27.7 Å². The molecule has 0 spiro atoms. The number of carbonyl (C=O) groups is 1. The van der Waals surface area contributed by atoms with Crippen molar-refractivity contribution in [3.05, 3.63) is 48.2 Å². The summed E-state index contributed by atoms with van der Waals surface area (Å²) in [5.41, 5.74) is 7.45. The first-order chi connectivity index (χ1) is 14.2. The van der Waals surface area contributed by atoms with Crippen LogP contribution >= 0.6 is 11.3 Å². The Morgan fingerprint density at radius 3 is 2.66 bits per heavy atom. The molecule has 2 aliphatic rings. The van der Waals surface area contributed by atoms with E-state index in [2.05, 4.69) is 27.4 Å². The number of nitrogens with zero attached hydrogens (tertiary/aromatic N) is 3. The van der Waals surface area contributed by atoms with Gasteiger partial charge in [0.05, 0.1) is 4.70 Å². The minimum absolute atomic E-state index is 0.268. The van der Waals surface area contributed by atoms with Crippen molar-refractivity contribution in [2.24, 2.45) is 5.73 Å². The van der Waals surface area contributed by atoms with Crippen LogP contribution in [0.3, 0.4) is 0 Å². The van der Waals surface area contributed by atoms with Gasteiger partial charge in [0.25, 0.3) is 5.19 Å². The number of carbonyl (C=O) groups excluding carboxylic acids is 1. The third-order valence-electron chi connectivity index (χ3n) is 5.86.